The molecule has 156 valence electrons. The van der Waals surface area contributed by atoms with E-state index in [4.69, 9.17) is 37.1 Å². The van der Waals surface area contributed by atoms with Gasteiger partial charge in [-0.2, -0.15) is 0 Å². The van der Waals surface area contributed by atoms with Gasteiger partial charge >= 0.3 is 5.97 Å². The van der Waals surface area contributed by atoms with E-state index in [9.17, 15) is 9.59 Å². The monoisotopic (exact) mass is 518 g/mol. The van der Waals surface area contributed by atoms with E-state index in [0.29, 0.717) is 27.3 Å². The number of fused-ring (bicyclic) bond motifs is 1. The number of halogens is 3. The molecule has 0 spiro atoms. The lowest BCUT2D eigenvalue weighted by molar-refractivity contribution is -0.136. The van der Waals surface area contributed by atoms with Gasteiger partial charge in [0.05, 0.1) is 16.0 Å². The predicted molar refractivity (Wildman–Crippen MR) is 123 cm³/mol. The zero-order valence-corrected chi connectivity index (χ0v) is 18.8. The summed E-state index contributed by atoms with van der Waals surface area (Å²) >= 11 is 15.2. The van der Waals surface area contributed by atoms with Crippen molar-refractivity contribution in [3.63, 3.8) is 0 Å². The number of ether oxygens (including phenoxy) is 2. The molecule has 3 aromatic carbocycles. The average Bonchev–Trinajstić information content (AvgIpc) is 2.73. The van der Waals surface area contributed by atoms with Crippen molar-refractivity contribution in [3.05, 3.63) is 91.7 Å². The van der Waals surface area contributed by atoms with Gasteiger partial charge in [-0.1, -0.05) is 51.3 Å². The Balaban J connectivity index is 1.51. The molecule has 5 nitrogen and oxygen atoms in total. The molecule has 0 saturated carbocycles. The van der Waals surface area contributed by atoms with E-state index in [2.05, 4.69) is 15.9 Å². The minimum atomic E-state index is -0.640. The Labute approximate surface area is 195 Å². The van der Waals surface area contributed by atoms with Gasteiger partial charge < -0.3 is 13.9 Å². The highest BCUT2D eigenvalue weighted by Crippen LogP contribution is 2.28. The highest BCUT2D eigenvalue weighted by molar-refractivity contribution is 9.10. The SMILES string of the molecule is O=C(COc1ccc(Cl)cc1Cl)Oc1ccc2c(=O)c(-c3cccc(Br)c3)coc2c1. The zero-order chi connectivity index (χ0) is 22.0. The van der Waals surface area contributed by atoms with Crippen LogP contribution in [0, 0.1) is 0 Å². The van der Waals surface area contributed by atoms with E-state index in [1.54, 1.807) is 18.2 Å². The topological polar surface area (TPSA) is 65.7 Å². The molecular weight excluding hydrogens is 507 g/mol. The number of carbonyl (C=O) groups excluding carboxylic acids is 1. The van der Waals surface area contributed by atoms with Crippen molar-refractivity contribution >= 4 is 56.1 Å². The third-order valence-corrected chi connectivity index (χ3v) is 5.38. The molecule has 0 bridgehead atoms. The maximum absolute atomic E-state index is 12.9. The molecule has 0 unspecified atom stereocenters. The summed E-state index contributed by atoms with van der Waals surface area (Å²) < 4.78 is 17.1. The van der Waals surface area contributed by atoms with Crippen molar-refractivity contribution in [1.29, 1.82) is 0 Å². The zero-order valence-electron chi connectivity index (χ0n) is 15.7. The van der Waals surface area contributed by atoms with Gasteiger partial charge in [0.2, 0.25) is 0 Å². The molecule has 0 amide bonds. The molecule has 1 heterocycles. The molecule has 1 aromatic heterocycles. The molecule has 0 radical (unpaired) electrons. The molecule has 8 heteroatoms. The van der Waals surface area contributed by atoms with Gasteiger partial charge in [-0.25, -0.2) is 4.79 Å². The Kier molecular flexibility index (Phi) is 6.32. The van der Waals surface area contributed by atoms with Gasteiger partial charge in [0, 0.05) is 15.6 Å². The summed E-state index contributed by atoms with van der Waals surface area (Å²) in [6.45, 7) is -0.356. The molecular formula is C23H13BrCl2O5. The fourth-order valence-electron chi connectivity index (χ4n) is 2.92. The van der Waals surface area contributed by atoms with Gasteiger partial charge in [-0.15, -0.1) is 0 Å². The van der Waals surface area contributed by atoms with Gasteiger partial charge in [-0.05, 0) is 48.0 Å². The van der Waals surface area contributed by atoms with Crippen LogP contribution in [-0.2, 0) is 4.79 Å². The molecule has 0 N–H and O–H groups in total. The molecule has 0 aliphatic carbocycles. The minimum absolute atomic E-state index is 0.182. The summed E-state index contributed by atoms with van der Waals surface area (Å²) in [4.78, 5) is 25.0. The van der Waals surface area contributed by atoms with E-state index in [0.717, 1.165) is 10.0 Å². The molecule has 0 saturated heterocycles. The van der Waals surface area contributed by atoms with Crippen molar-refractivity contribution in [3.8, 4) is 22.6 Å². The Bertz CT molecular complexity index is 1350. The number of carbonyl (C=O) groups is 1. The number of hydrogen-bond acceptors (Lipinski definition) is 5. The Morgan fingerprint density at radius 1 is 1.03 bits per heavy atom. The minimum Gasteiger partial charge on any atom is -0.480 e. The second-order valence-corrected chi connectivity index (χ2v) is 8.24. The number of rotatable bonds is 5. The lowest BCUT2D eigenvalue weighted by Gasteiger charge is -2.09. The van der Waals surface area contributed by atoms with Crippen LogP contribution in [0.3, 0.4) is 0 Å². The number of hydrogen-bond donors (Lipinski definition) is 0. The summed E-state index contributed by atoms with van der Waals surface area (Å²) in [5.74, 6) is -0.104. The van der Waals surface area contributed by atoms with Gasteiger partial charge in [0.1, 0.15) is 23.3 Å². The fraction of sp³-hybridized carbons (Fsp3) is 0.0435. The first-order chi connectivity index (χ1) is 14.9. The smallest absolute Gasteiger partial charge is 0.349 e. The second-order valence-electron chi connectivity index (χ2n) is 6.48. The van der Waals surface area contributed by atoms with Crippen LogP contribution in [0.2, 0.25) is 10.0 Å². The Hall–Kier alpha value is -2.80. The maximum Gasteiger partial charge on any atom is 0.349 e. The van der Waals surface area contributed by atoms with E-state index < -0.39 is 5.97 Å². The first-order valence-electron chi connectivity index (χ1n) is 9.01. The van der Waals surface area contributed by atoms with E-state index in [1.807, 2.05) is 24.3 Å². The summed E-state index contributed by atoms with van der Waals surface area (Å²) in [5.41, 5.74) is 1.29. The molecule has 0 aliphatic rings. The lowest BCUT2D eigenvalue weighted by Crippen LogP contribution is -2.17. The molecule has 0 aliphatic heterocycles. The number of benzene rings is 3. The van der Waals surface area contributed by atoms with Crippen molar-refractivity contribution < 1.29 is 18.7 Å². The normalized spacial score (nSPS) is 10.8. The molecule has 0 atom stereocenters. The fourth-order valence-corrected chi connectivity index (χ4v) is 3.78. The lowest BCUT2D eigenvalue weighted by atomic mass is 10.1. The summed E-state index contributed by atoms with van der Waals surface area (Å²) in [7, 11) is 0. The Morgan fingerprint density at radius 3 is 2.65 bits per heavy atom. The third-order valence-electron chi connectivity index (χ3n) is 4.35. The summed E-state index contributed by atoms with van der Waals surface area (Å²) in [5, 5.41) is 1.12. The largest absolute Gasteiger partial charge is 0.480 e. The van der Waals surface area contributed by atoms with E-state index in [-0.39, 0.29) is 22.8 Å². The molecule has 31 heavy (non-hydrogen) atoms. The van der Waals surface area contributed by atoms with Crippen molar-refractivity contribution in [1.82, 2.24) is 0 Å². The molecule has 4 aromatic rings. The predicted octanol–water partition coefficient (Wildman–Crippen LogP) is 6.51. The standard InChI is InChI=1S/C23H13BrCl2O5/c24-14-3-1-2-13(8-14)18-11-29-21-10-16(5-6-17(21)23(18)28)31-22(27)12-30-20-7-4-15(25)9-19(20)26/h1-11H,12H2. The Morgan fingerprint density at radius 2 is 1.87 bits per heavy atom. The van der Waals surface area contributed by atoms with Crippen molar-refractivity contribution in [2.75, 3.05) is 6.61 Å². The van der Waals surface area contributed by atoms with Gasteiger partial charge in [0.25, 0.3) is 0 Å². The van der Waals surface area contributed by atoms with Crippen LogP contribution < -0.4 is 14.9 Å². The first-order valence-corrected chi connectivity index (χ1v) is 10.6. The quantitative estimate of drug-likeness (QED) is 0.222. The highest BCUT2D eigenvalue weighted by Gasteiger charge is 2.13. The number of esters is 1. The van der Waals surface area contributed by atoms with Crippen LogP contribution in [0.25, 0.3) is 22.1 Å². The van der Waals surface area contributed by atoms with Gasteiger partial charge in [-0.3, -0.25) is 4.79 Å². The van der Waals surface area contributed by atoms with Gasteiger partial charge in [0.15, 0.2) is 12.0 Å². The molecule has 0 fully saturated rings. The van der Waals surface area contributed by atoms with Crippen LogP contribution in [0.4, 0.5) is 0 Å². The average molecular weight is 520 g/mol. The first kappa shape index (κ1) is 21.4. The van der Waals surface area contributed by atoms with Crippen LogP contribution >= 0.6 is 39.1 Å². The third kappa shape index (κ3) is 4.93. The van der Waals surface area contributed by atoms with Crippen LogP contribution in [0.1, 0.15) is 0 Å². The second kappa shape index (κ2) is 9.14. The maximum atomic E-state index is 12.9. The van der Waals surface area contributed by atoms with E-state index >= 15 is 0 Å². The highest BCUT2D eigenvalue weighted by atomic mass is 79.9. The van der Waals surface area contributed by atoms with Crippen molar-refractivity contribution in [2.45, 2.75) is 0 Å². The summed E-state index contributed by atoms with van der Waals surface area (Å²) in [6.07, 6.45) is 1.39. The van der Waals surface area contributed by atoms with Crippen LogP contribution in [0.15, 0.2) is 80.6 Å². The van der Waals surface area contributed by atoms with Crippen LogP contribution in [-0.4, -0.2) is 12.6 Å². The van der Waals surface area contributed by atoms with Crippen molar-refractivity contribution in [2.24, 2.45) is 0 Å². The van der Waals surface area contributed by atoms with E-state index in [1.165, 1.54) is 24.5 Å². The summed E-state index contributed by atoms with van der Waals surface area (Å²) in [6, 6.07) is 16.6. The molecule has 4 rings (SSSR count). The van der Waals surface area contributed by atoms with Crippen LogP contribution in [0.5, 0.6) is 11.5 Å².